The molecule has 1 aliphatic rings. The molecule has 3 aromatic rings. The van der Waals surface area contributed by atoms with Gasteiger partial charge in [0.2, 0.25) is 0 Å². The fourth-order valence-corrected chi connectivity index (χ4v) is 3.00. The predicted molar refractivity (Wildman–Crippen MR) is 146 cm³/mol. The smallest absolute Gasteiger partial charge is 0.872 e. The topological polar surface area (TPSA) is 69.2 Å². The minimum absolute atomic E-state index is 0. The second kappa shape index (κ2) is 20.8. The molecule has 0 saturated heterocycles. The molecule has 4 rings (SSSR count). The van der Waals surface area contributed by atoms with Gasteiger partial charge in [-0.2, -0.15) is 6.08 Å². The Kier molecular flexibility index (Phi) is 18.9. The molecular formula is C33H34O3Zr. The number of hydrogen-bond donors (Lipinski definition) is 0. The molecule has 0 atom stereocenters. The van der Waals surface area contributed by atoms with E-state index < -0.39 is 0 Å². The van der Waals surface area contributed by atoms with Gasteiger partial charge in [-0.1, -0.05) is 115 Å². The molecule has 0 amide bonds. The molecule has 0 heterocycles. The standard InChI is InChI=1S/3C9H10O.C6H7.Zr/c3*1-2-5-8-6-3-4-7-9(8)10;1-6-4-2-3-5-6;/h3*2-4,6-7,10H,1,5H2;2,4H,3H2,1H3;/q;;;-1;+4/p-3. The fourth-order valence-electron chi connectivity index (χ4n) is 3.00. The first-order valence-electron chi connectivity index (χ1n) is 11.7. The average molecular weight is 570 g/mol. The zero-order valence-corrected chi connectivity index (χ0v) is 23.9. The summed E-state index contributed by atoms with van der Waals surface area (Å²) in [5.74, 6) is 0.298. The van der Waals surface area contributed by atoms with Gasteiger partial charge < -0.3 is 15.3 Å². The van der Waals surface area contributed by atoms with E-state index in [4.69, 9.17) is 0 Å². The Morgan fingerprint density at radius 1 is 0.649 bits per heavy atom. The zero-order valence-electron chi connectivity index (χ0n) is 21.5. The van der Waals surface area contributed by atoms with Gasteiger partial charge in [0.25, 0.3) is 0 Å². The maximum atomic E-state index is 11.0. The van der Waals surface area contributed by atoms with Crippen LogP contribution in [0.15, 0.2) is 128 Å². The molecule has 0 radical (unpaired) electrons. The molecule has 0 N–H and O–H groups in total. The second-order valence-corrected chi connectivity index (χ2v) is 7.77. The molecule has 0 fully saturated rings. The molecule has 0 spiro atoms. The SMILES string of the molecule is C=CCc1ccccc1[O-].C=CCc1ccccc1[O-].C=CCc1ccccc1[O-].CC1=[C-]CC=C1.[Zr+4]. The maximum Gasteiger partial charge on any atom is 4.00 e. The molecule has 0 unspecified atom stereocenters. The normalized spacial score (nSPS) is 10.5. The van der Waals surface area contributed by atoms with Gasteiger partial charge in [0.05, 0.1) is 0 Å². The Labute approximate surface area is 241 Å². The average Bonchev–Trinajstić information content (AvgIpc) is 3.36. The summed E-state index contributed by atoms with van der Waals surface area (Å²) >= 11 is 0. The van der Waals surface area contributed by atoms with Crippen LogP contribution >= 0.6 is 0 Å². The quantitative estimate of drug-likeness (QED) is 0.264. The van der Waals surface area contributed by atoms with Crippen LogP contribution in [-0.2, 0) is 45.5 Å². The molecule has 3 aromatic carbocycles. The Morgan fingerprint density at radius 3 is 1.16 bits per heavy atom. The van der Waals surface area contributed by atoms with Gasteiger partial charge in [0.15, 0.2) is 0 Å². The third-order valence-corrected chi connectivity index (χ3v) is 4.88. The van der Waals surface area contributed by atoms with E-state index in [1.807, 2.05) is 36.4 Å². The maximum absolute atomic E-state index is 11.0. The predicted octanol–water partition coefficient (Wildman–Crippen LogP) is 6.16. The summed E-state index contributed by atoms with van der Waals surface area (Å²) in [7, 11) is 0. The van der Waals surface area contributed by atoms with E-state index in [1.54, 1.807) is 54.6 Å². The molecule has 37 heavy (non-hydrogen) atoms. The zero-order chi connectivity index (χ0) is 26.6. The van der Waals surface area contributed by atoms with Crippen molar-refractivity contribution in [1.29, 1.82) is 0 Å². The fraction of sp³-hybridized carbons (Fsp3) is 0.152. The first kappa shape index (κ1) is 33.6. The summed E-state index contributed by atoms with van der Waals surface area (Å²) in [5.41, 5.74) is 3.72. The Morgan fingerprint density at radius 2 is 0.973 bits per heavy atom. The van der Waals surface area contributed by atoms with Crippen molar-refractivity contribution in [3.63, 3.8) is 0 Å². The summed E-state index contributed by atoms with van der Waals surface area (Å²) in [6.45, 7) is 12.7. The number of rotatable bonds is 6. The molecule has 0 aromatic heterocycles. The van der Waals surface area contributed by atoms with Crippen molar-refractivity contribution < 1.29 is 41.5 Å². The van der Waals surface area contributed by atoms with Crippen molar-refractivity contribution in [2.24, 2.45) is 0 Å². The Bertz CT molecular complexity index is 1020. The molecule has 0 bridgehead atoms. The van der Waals surface area contributed by atoms with Crippen molar-refractivity contribution in [3.8, 4) is 17.2 Å². The summed E-state index contributed by atoms with van der Waals surface area (Å²) < 4.78 is 0. The van der Waals surface area contributed by atoms with E-state index in [9.17, 15) is 15.3 Å². The van der Waals surface area contributed by atoms with Gasteiger partial charge in [-0.3, -0.25) is 6.08 Å². The Balaban J connectivity index is 0.000000470. The van der Waals surface area contributed by atoms with Crippen molar-refractivity contribution in [2.75, 3.05) is 0 Å². The van der Waals surface area contributed by atoms with Crippen molar-refractivity contribution in [3.05, 3.63) is 151 Å². The van der Waals surface area contributed by atoms with Crippen molar-refractivity contribution >= 4 is 0 Å². The van der Waals surface area contributed by atoms with Gasteiger partial charge in [-0.15, -0.1) is 43.4 Å². The van der Waals surface area contributed by atoms with E-state index in [1.165, 1.54) is 5.57 Å². The molecular weight excluding hydrogens is 536 g/mol. The largest absolute Gasteiger partial charge is 4.00 e. The first-order valence-corrected chi connectivity index (χ1v) is 11.7. The Hall–Kier alpha value is -3.36. The monoisotopic (exact) mass is 568 g/mol. The van der Waals surface area contributed by atoms with Gasteiger partial charge in [0, 0.05) is 0 Å². The van der Waals surface area contributed by atoms with E-state index in [0.29, 0.717) is 19.3 Å². The molecule has 4 heteroatoms. The summed E-state index contributed by atoms with van der Waals surface area (Å²) in [5, 5.41) is 32.9. The molecule has 3 nitrogen and oxygen atoms in total. The van der Waals surface area contributed by atoms with Gasteiger partial charge >= 0.3 is 26.2 Å². The van der Waals surface area contributed by atoms with Crippen LogP contribution in [0.1, 0.15) is 30.0 Å². The minimum atomic E-state index is 0. The van der Waals surface area contributed by atoms with Crippen LogP contribution in [-0.4, -0.2) is 0 Å². The number of allylic oxidation sites excluding steroid dienone is 7. The van der Waals surface area contributed by atoms with Crippen molar-refractivity contribution in [2.45, 2.75) is 32.6 Å². The van der Waals surface area contributed by atoms with E-state index in [0.717, 1.165) is 23.1 Å². The second-order valence-electron chi connectivity index (χ2n) is 7.77. The number of benzene rings is 3. The van der Waals surface area contributed by atoms with E-state index in [2.05, 4.69) is 44.9 Å². The van der Waals surface area contributed by atoms with Gasteiger partial charge in [-0.25, -0.2) is 11.6 Å². The summed E-state index contributed by atoms with van der Waals surface area (Å²) in [6, 6.07) is 21.0. The molecule has 188 valence electrons. The van der Waals surface area contributed by atoms with Crippen LogP contribution in [0.25, 0.3) is 0 Å². The third kappa shape index (κ3) is 14.7. The minimum Gasteiger partial charge on any atom is -0.872 e. The van der Waals surface area contributed by atoms with Crippen LogP contribution in [0.5, 0.6) is 17.2 Å². The summed E-state index contributed by atoms with van der Waals surface area (Å²) in [6.07, 6.45) is 15.5. The van der Waals surface area contributed by atoms with Crippen LogP contribution in [0.2, 0.25) is 0 Å². The molecule has 1 aliphatic carbocycles. The van der Waals surface area contributed by atoms with E-state index >= 15 is 0 Å². The van der Waals surface area contributed by atoms with Gasteiger partial charge in [-0.05, 0) is 19.3 Å². The third-order valence-electron chi connectivity index (χ3n) is 4.88. The summed E-state index contributed by atoms with van der Waals surface area (Å²) in [4.78, 5) is 0. The first-order chi connectivity index (χ1) is 17.4. The number of hydrogen-bond acceptors (Lipinski definition) is 3. The van der Waals surface area contributed by atoms with E-state index in [-0.39, 0.29) is 43.5 Å². The van der Waals surface area contributed by atoms with Crippen LogP contribution in [0.3, 0.4) is 0 Å². The van der Waals surface area contributed by atoms with Crippen LogP contribution in [0, 0.1) is 6.08 Å². The van der Waals surface area contributed by atoms with Crippen LogP contribution in [0.4, 0.5) is 0 Å². The van der Waals surface area contributed by atoms with Crippen LogP contribution < -0.4 is 15.3 Å². The molecule has 0 saturated carbocycles. The molecule has 0 aliphatic heterocycles. The number of para-hydroxylation sites is 3. The van der Waals surface area contributed by atoms with Gasteiger partial charge in [0.1, 0.15) is 0 Å². The van der Waals surface area contributed by atoms with Crippen molar-refractivity contribution in [1.82, 2.24) is 0 Å².